The Morgan fingerprint density at radius 1 is 1.24 bits per heavy atom. The fraction of sp³-hybridized carbons (Fsp3) is 0.294. The maximum atomic E-state index is 9.36. The van der Waals surface area contributed by atoms with Crippen molar-refractivity contribution in [3.63, 3.8) is 0 Å². The molecule has 0 spiro atoms. The first-order chi connectivity index (χ1) is 10.3. The van der Waals surface area contributed by atoms with Gasteiger partial charge in [-0.2, -0.15) is 5.26 Å². The summed E-state index contributed by atoms with van der Waals surface area (Å²) in [6.07, 6.45) is 6.49. The number of aromatic nitrogens is 1. The lowest BCUT2D eigenvalue weighted by atomic mass is 9.95. The molecule has 4 heteroatoms. The molecule has 0 radical (unpaired) electrons. The number of aryl methyl sites for hydroxylation is 2. The van der Waals surface area contributed by atoms with E-state index in [0.29, 0.717) is 11.4 Å². The minimum atomic E-state index is 0.630. The summed E-state index contributed by atoms with van der Waals surface area (Å²) in [5.74, 6) is 0.677. The highest BCUT2D eigenvalue weighted by Gasteiger charge is 2.15. The van der Waals surface area contributed by atoms with Gasteiger partial charge in [-0.3, -0.25) is 0 Å². The van der Waals surface area contributed by atoms with E-state index in [1.54, 1.807) is 11.8 Å². The van der Waals surface area contributed by atoms with Crippen molar-refractivity contribution in [1.29, 1.82) is 5.26 Å². The van der Waals surface area contributed by atoms with Gasteiger partial charge in [-0.1, -0.05) is 6.07 Å². The third-order valence-electron chi connectivity index (χ3n) is 3.75. The van der Waals surface area contributed by atoms with Crippen LogP contribution in [0.15, 0.2) is 35.2 Å². The number of nitrogens with one attached hydrogen (secondary N) is 1. The number of benzene rings is 1. The van der Waals surface area contributed by atoms with E-state index in [1.807, 2.05) is 18.2 Å². The Labute approximate surface area is 129 Å². The van der Waals surface area contributed by atoms with Crippen molar-refractivity contribution in [3.8, 4) is 6.07 Å². The molecule has 0 amide bonds. The summed E-state index contributed by atoms with van der Waals surface area (Å²) in [6, 6.07) is 12.4. The van der Waals surface area contributed by atoms with Gasteiger partial charge >= 0.3 is 0 Å². The van der Waals surface area contributed by atoms with E-state index in [-0.39, 0.29) is 0 Å². The number of nitrogens with zero attached hydrogens (tertiary/aromatic N) is 2. The Kier molecular flexibility index (Phi) is 4.12. The van der Waals surface area contributed by atoms with Crippen molar-refractivity contribution in [2.45, 2.75) is 30.6 Å². The largest absolute Gasteiger partial charge is 0.339 e. The van der Waals surface area contributed by atoms with E-state index >= 15 is 0 Å². The maximum absolute atomic E-state index is 9.36. The molecule has 2 aromatic rings. The molecule has 1 aromatic heterocycles. The van der Waals surface area contributed by atoms with Gasteiger partial charge in [0, 0.05) is 16.3 Å². The van der Waals surface area contributed by atoms with Gasteiger partial charge in [-0.15, -0.1) is 11.8 Å². The molecule has 1 heterocycles. The number of nitriles is 1. The number of hydrogen-bond acceptors (Lipinski definition) is 4. The second-order valence-corrected chi connectivity index (χ2v) is 6.05. The van der Waals surface area contributed by atoms with Gasteiger partial charge in [0.15, 0.2) is 0 Å². The molecule has 0 unspecified atom stereocenters. The van der Waals surface area contributed by atoms with Crippen LogP contribution in [0.5, 0.6) is 0 Å². The summed E-state index contributed by atoms with van der Waals surface area (Å²) < 4.78 is 0. The van der Waals surface area contributed by atoms with Crippen LogP contribution >= 0.6 is 11.8 Å². The average Bonchev–Trinajstić information content (AvgIpc) is 2.54. The highest BCUT2D eigenvalue weighted by atomic mass is 32.2. The average molecular weight is 295 g/mol. The van der Waals surface area contributed by atoms with Gasteiger partial charge in [0.1, 0.15) is 11.9 Å². The van der Waals surface area contributed by atoms with Crippen LogP contribution in [0.1, 0.15) is 29.7 Å². The third-order valence-corrected chi connectivity index (χ3v) is 4.48. The molecule has 21 heavy (non-hydrogen) atoms. The number of rotatable bonds is 3. The van der Waals surface area contributed by atoms with Crippen LogP contribution in [0.3, 0.4) is 0 Å². The predicted molar refractivity (Wildman–Crippen MR) is 87.1 cm³/mol. The molecule has 1 N–H and O–H groups in total. The fourth-order valence-corrected chi connectivity index (χ4v) is 3.11. The second kappa shape index (κ2) is 6.19. The molecule has 106 valence electrons. The zero-order chi connectivity index (χ0) is 14.7. The number of anilines is 2. The molecular weight excluding hydrogens is 278 g/mol. The van der Waals surface area contributed by atoms with Crippen LogP contribution in [0.4, 0.5) is 11.5 Å². The molecule has 0 bridgehead atoms. The SMILES string of the molecule is CSc1cccc(Nc2nc3c(cc2C#N)CCCC3)c1. The normalized spacial score (nSPS) is 13.3. The number of fused-ring (bicyclic) bond motifs is 1. The molecule has 0 saturated carbocycles. The van der Waals surface area contributed by atoms with Crippen LogP contribution in [0.2, 0.25) is 0 Å². The molecule has 0 aliphatic heterocycles. The molecular formula is C17H17N3S. The zero-order valence-corrected chi connectivity index (χ0v) is 12.8. The molecule has 3 rings (SSSR count). The first-order valence-corrected chi connectivity index (χ1v) is 8.36. The first kappa shape index (κ1) is 14.0. The van der Waals surface area contributed by atoms with Gasteiger partial charge in [0.05, 0.1) is 5.56 Å². The lowest BCUT2D eigenvalue weighted by Gasteiger charge is -2.17. The van der Waals surface area contributed by atoms with Crippen LogP contribution in [-0.4, -0.2) is 11.2 Å². The van der Waals surface area contributed by atoms with Crippen LogP contribution in [0.25, 0.3) is 0 Å². The highest BCUT2D eigenvalue weighted by Crippen LogP contribution is 2.27. The Balaban J connectivity index is 1.95. The minimum Gasteiger partial charge on any atom is -0.339 e. The molecule has 3 nitrogen and oxygen atoms in total. The minimum absolute atomic E-state index is 0.630. The van der Waals surface area contributed by atoms with Gasteiger partial charge in [0.2, 0.25) is 0 Å². The smallest absolute Gasteiger partial charge is 0.148 e. The Morgan fingerprint density at radius 3 is 2.90 bits per heavy atom. The summed E-state index contributed by atoms with van der Waals surface area (Å²) in [6.45, 7) is 0. The number of thioether (sulfide) groups is 1. The lowest BCUT2D eigenvalue weighted by molar-refractivity contribution is 0.668. The summed E-state index contributed by atoms with van der Waals surface area (Å²) in [4.78, 5) is 5.89. The lowest BCUT2D eigenvalue weighted by Crippen LogP contribution is -2.08. The number of hydrogen-bond donors (Lipinski definition) is 1. The predicted octanol–water partition coefficient (Wildman–Crippen LogP) is 4.30. The van der Waals surface area contributed by atoms with Crippen molar-refractivity contribution in [3.05, 3.63) is 47.2 Å². The summed E-state index contributed by atoms with van der Waals surface area (Å²) in [7, 11) is 0. The van der Waals surface area contributed by atoms with Crippen molar-refractivity contribution in [2.75, 3.05) is 11.6 Å². The maximum Gasteiger partial charge on any atom is 0.148 e. The second-order valence-electron chi connectivity index (χ2n) is 5.17. The van der Waals surface area contributed by atoms with Crippen LogP contribution < -0.4 is 5.32 Å². The standard InChI is InChI=1S/C17H17N3S/c1-21-15-7-4-6-14(10-15)19-17-13(11-18)9-12-5-2-3-8-16(12)20-17/h4,6-7,9-10H,2-3,5,8H2,1H3,(H,19,20). The molecule has 0 fully saturated rings. The van der Waals surface area contributed by atoms with E-state index < -0.39 is 0 Å². The van der Waals surface area contributed by atoms with Gasteiger partial charge in [-0.05, 0) is 61.8 Å². The van der Waals surface area contributed by atoms with Gasteiger partial charge in [-0.25, -0.2) is 4.98 Å². The van der Waals surface area contributed by atoms with Crippen molar-refractivity contribution < 1.29 is 0 Å². The van der Waals surface area contributed by atoms with E-state index in [4.69, 9.17) is 4.98 Å². The van der Waals surface area contributed by atoms with E-state index in [9.17, 15) is 5.26 Å². The summed E-state index contributed by atoms with van der Waals surface area (Å²) in [5.41, 5.74) is 3.98. The van der Waals surface area contributed by atoms with E-state index in [0.717, 1.165) is 24.2 Å². The van der Waals surface area contributed by atoms with E-state index in [2.05, 4.69) is 29.8 Å². The molecule has 0 atom stereocenters. The molecule has 1 aromatic carbocycles. The molecule has 0 saturated heterocycles. The van der Waals surface area contributed by atoms with Crippen molar-refractivity contribution >= 4 is 23.3 Å². The van der Waals surface area contributed by atoms with Crippen molar-refractivity contribution in [1.82, 2.24) is 4.98 Å². The highest BCUT2D eigenvalue weighted by molar-refractivity contribution is 7.98. The quantitative estimate of drug-likeness (QED) is 0.858. The van der Waals surface area contributed by atoms with Gasteiger partial charge < -0.3 is 5.32 Å². The molecule has 1 aliphatic carbocycles. The fourth-order valence-electron chi connectivity index (χ4n) is 2.65. The summed E-state index contributed by atoms with van der Waals surface area (Å²) >= 11 is 1.70. The van der Waals surface area contributed by atoms with Crippen LogP contribution in [-0.2, 0) is 12.8 Å². The Bertz CT molecular complexity index is 704. The Morgan fingerprint density at radius 2 is 2.10 bits per heavy atom. The number of pyridine rings is 1. The van der Waals surface area contributed by atoms with Crippen molar-refractivity contribution in [2.24, 2.45) is 0 Å². The first-order valence-electron chi connectivity index (χ1n) is 7.14. The topological polar surface area (TPSA) is 48.7 Å². The Hall–Kier alpha value is -1.99. The van der Waals surface area contributed by atoms with Crippen LogP contribution in [0, 0.1) is 11.3 Å². The summed E-state index contributed by atoms with van der Waals surface area (Å²) in [5, 5.41) is 12.7. The molecule has 1 aliphatic rings. The zero-order valence-electron chi connectivity index (χ0n) is 12.0. The van der Waals surface area contributed by atoms with Gasteiger partial charge in [0.25, 0.3) is 0 Å². The monoisotopic (exact) mass is 295 g/mol. The third kappa shape index (κ3) is 3.03. The van der Waals surface area contributed by atoms with E-state index in [1.165, 1.54) is 23.3 Å².